The third-order valence-corrected chi connectivity index (χ3v) is 6.27. The quantitative estimate of drug-likeness (QED) is 0.641. The summed E-state index contributed by atoms with van der Waals surface area (Å²) in [6.45, 7) is 5.51. The number of hydrogen-bond acceptors (Lipinski definition) is 3. The second-order valence-electron chi connectivity index (χ2n) is 7.68. The molecule has 0 saturated heterocycles. The zero-order valence-electron chi connectivity index (χ0n) is 17.8. The molecule has 2 aromatic carbocycles. The third-order valence-electron chi connectivity index (χ3n) is 6.27. The van der Waals surface area contributed by atoms with Gasteiger partial charge < -0.3 is 15.1 Å². The number of benzene rings is 2. The molecule has 6 heteroatoms. The number of halogens is 1. The molecule has 0 radical (unpaired) electrons. The lowest BCUT2D eigenvalue weighted by atomic mass is 9.78. The molecule has 3 rings (SSSR count). The molecule has 0 atom stereocenters. The fraction of sp³-hybridized carbons (Fsp3) is 0.280. The number of carboxylic acid groups (broad SMARTS) is 2. The maximum absolute atomic E-state index is 14.2. The molecule has 1 heterocycles. The Labute approximate surface area is 181 Å². The van der Waals surface area contributed by atoms with Crippen LogP contribution in [-0.4, -0.2) is 27.1 Å². The van der Waals surface area contributed by atoms with Crippen LogP contribution in [0.2, 0.25) is 0 Å². The summed E-state index contributed by atoms with van der Waals surface area (Å²) in [5.41, 5.74) is 0.708. The van der Waals surface area contributed by atoms with Crippen molar-refractivity contribution in [1.82, 2.24) is 4.90 Å². The van der Waals surface area contributed by atoms with Crippen LogP contribution in [0.1, 0.15) is 49.3 Å². The minimum atomic E-state index is -1.24. The van der Waals surface area contributed by atoms with Crippen LogP contribution in [0.4, 0.5) is 4.39 Å². The highest BCUT2D eigenvalue weighted by atomic mass is 19.1. The zero-order chi connectivity index (χ0) is 22.8. The molecular formula is C25H26FNO4. The van der Waals surface area contributed by atoms with Gasteiger partial charge in [0.05, 0.1) is 22.6 Å². The first kappa shape index (κ1) is 22.3. The van der Waals surface area contributed by atoms with Gasteiger partial charge in [0.2, 0.25) is 0 Å². The van der Waals surface area contributed by atoms with Crippen molar-refractivity contribution in [1.29, 1.82) is 0 Å². The first-order valence-corrected chi connectivity index (χ1v) is 10.3. The Morgan fingerprint density at radius 1 is 0.935 bits per heavy atom. The number of rotatable bonds is 7. The summed E-state index contributed by atoms with van der Waals surface area (Å²) >= 11 is 0. The second kappa shape index (κ2) is 8.76. The van der Waals surface area contributed by atoms with E-state index >= 15 is 0 Å². The van der Waals surface area contributed by atoms with E-state index in [4.69, 9.17) is 0 Å². The van der Waals surface area contributed by atoms with Crippen molar-refractivity contribution in [3.63, 3.8) is 0 Å². The van der Waals surface area contributed by atoms with Crippen molar-refractivity contribution >= 4 is 11.9 Å². The topological polar surface area (TPSA) is 77.8 Å². The van der Waals surface area contributed by atoms with Crippen LogP contribution in [0.15, 0.2) is 72.1 Å². The summed E-state index contributed by atoms with van der Waals surface area (Å²) in [4.78, 5) is 26.3. The lowest BCUT2D eigenvalue weighted by molar-refractivity contribution is -0.133. The molecule has 162 valence electrons. The fourth-order valence-corrected chi connectivity index (χ4v) is 4.45. The van der Waals surface area contributed by atoms with E-state index in [-0.39, 0.29) is 16.7 Å². The SMILES string of the molecule is CCC(CC)(c1ccccc1)N1C=C(C(=O)O)C(c2cccc(F)c2C)C(C(=O)O)=C1. The number of hydrogen-bond donors (Lipinski definition) is 2. The highest BCUT2D eigenvalue weighted by Crippen LogP contribution is 2.44. The van der Waals surface area contributed by atoms with Crippen molar-refractivity contribution in [2.45, 2.75) is 45.1 Å². The first-order chi connectivity index (χ1) is 14.8. The van der Waals surface area contributed by atoms with Crippen LogP contribution < -0.4 is 0 Å². The Morgan fingerprint density at radius 3 is 1.97 bits per heavy atom. The van der Waals surface area contributed by atoms with Gasteiger partial charge in [-0.15, -0.1) is 0 Å². The van der Waals surface area contributed by atoms with Gasteiger partial charge in [0.15, 0.2) is 0 Å². The molecule has 0 fully saturated rings. The Balaban J connectivity index is 2.26. The largest absolute Gasteiger partial charge is 0.478 e. The van der Waals surface area contributed by atoms with Gasteiger partial charge in [-0.1, -0.05) is 56.3 Å². The van der Waals surface area contributed by atoms with Crippen molar-refractivity contribution < 1.29 is 24.2 Å². The van der Waals surface area contributed by atoms with E-state index in [0.29, 0.717) is 18.4 Å². The fourth-order valence-electron chi connectivity index (χ4n) is 4.45. The molecule has 5 nitrogen and oxygen atoms in total. The molecule has 1 aliphatic rings. The van der Waals surface area contributed by atoms with Gasteiger partial charge in [0.25, 0.3) is 0 Å². The normalized spacial score (nSPS) is 14.8. The van der Waals surface area contributed by atoms with Crippen molar-refractivity contribution in [2.75, 3.05) is 0 Å². The van der Waals surface area contributed by atoms with Gasteiger partial charge in [-0.3, -0.25) is 0 Å². The number of carboxylic acids is 2. The minimum Gasteiger partial charge on any atom is -0.478 e. The first-order valence-electron chi connectivity index (χ1n) is 10.3. The Hall–Kier alpha value is -3.41. The van der Waals surface area contributed by atoms with Crippen molar-refractivity contribution in [3.8, 4) is 0 Å². The van der Waals surface area contributed by atoms with E-state index in [1.54, 1.807) is 11.0 Å². The van der Waals surface area contributed by atoms with Gasteiger partial charge in [-0.25, -0.2) is 14.0 Å². The lowest BCUT2D eigenvalue weighted by Gasteiger charge is -2.44. The Kier molecular flexibility index (Phi) is 6.29. The second-order valence-corrected chi connectivity index (χ2v) is 7.68. The molecule has 31 heavy (non-hydrogen) atoms. The Bertz CT molecular complexity index is 1020. The summed E-state index contributed by atoms with van der Waals surface area (Å²) in [5.74, 6) is -4.06. The van der Waals surface area contributed by atoms with E-state index in [1.807, 2.05) is 44.2 Å². The van der Waals surface area contributed by atoms with E-state index in [1.165, 1.54) is 31.5 Å². The maximum Gasteiger partial charge on any atom is 0.334 e. The summed E-state index contributed by atoms with van der Waals surface area (Å²) in [6, 6.07) is 13.9. The van der Waals surface area contributed by atoms with Crippen LogP contribution in [0, 0.1) is 12.7 Å². The highest BCUT2D eigenvalue weighted by molar-refractivity contribution is 5.97. The third kappa shape index (κ3) is 3.85. The number of carbonyl (C=O) groups is 2. The van der Waals surface area contributed by atoms with Crippen LogP contribution in [0.25, 0.3) is 0 Å². The van der Waals surface area contributed by atoms with Gasteiger partial charge in [-0.05, 0) is 42.5 Å². The zero-order valence-corrected chi connectivity index (χ0v) is 17.8. The van der Waals surface area contributed by atoms with Gasteiger partial charge in [0, 0.05) is 12.4 Å². The standard InChI is InChI=1S/C25H26FNO4/c1-4-25(5-2,17-10-7-6-8-11-17)27-14-19(23(28)29)22(20(15-27)24(30)31)18-12-9-13-21(26)16(18)3/h6-15,22H,4-5H2,1-3H3,(H,28,29)(H,30,31). The van der Waals surface area contributed by atoms with Gasteiger partial charge in [0.1, 0.15) is 5.82 Å². The number of aliphatic carboxylic acids is 2. The maximum atomic E-state index is 14.2. The molecule has 0 saturated carbocycles. The van der Waals surface area contributed by atoms with E-state index in [2.05, 4.69) is 0 Å². The molecular weight excluding hydrogens is 397 g/mol. The molecule has 0 bridgehead atoms. The number of nitrogens with zero attached hydrogens (tertiary/aromatic N) is 1. The Morgan fingerprint density at radius 2 is 1.48 bits per heavy atom. The average Bonchev–Trinajstić information content (AvgIpc) is 2.77. The molecule has 0 unspecified atom stereocenters. The van der Waals surface area contributed by atoms with Crippen LogP contribution in [0.5, 0.6) is 0 Å². The molecule has 0 spiro atoms. The minimum absolute atomic E-state index is 0.101. The molecule has 2 aromatic rings. The monoisotopic (exact) mass is 423 g/mol. The molecule has 2 N–H and O–H groups in total. The molecule has 1 aliphatic heterocycles. The lowest BCUT2D eigenvalue weighted by Crippen LogP contribution is -2.42. The van der Waals surface area contributed by atoms with Crippen LogP contribution in [-0.2, 0) is 15.1 Å². The van der Waals surface area contributed by atoms with Gasteiger partial charge >= 0.3 is 11.9 Å². The molecule has 0 aromatic heterocycles. The summed E-state index contributed by atoms with van der Waals surface area (Å²) in [7, 11) is 0. The highest BCUT2D eigenvalue weighted by Gasteiger charge is 2.41. The van der Waals surface area contributed by atoms with Crippen molar-refractivity contribution in [3.05, 3.63) is 94.6 Å². The van der Waals surface area contributed by atoms with E-state index < -0.39 is 29.2 Å². The predicted molar refractivity (Wildman–Crippen MR) is 116 cm³/mol. The van der Waals surface area contributed by atoms with E-state index in [9.17, 15) is 24.2 Å². The summed E-state index contributed by atoms with van der Waals surface area (Å²) in [6.07, 6.45) is 4.27. The van der Waals surface area contributed by atoms with Crippen LogP contribution >= 0.6 is 0 Å². The van der Waals surface area contributed by atoms with E-state index in [0.717, 1.165) is 5.56 Å². The summed E-state index contributed by atoms with van der Waals surface area (Å²) in [5, 5.41) is 20.0. The molecule has 0 amide bonds. The van der Waals surface area contributed by atoms with Gasteiger partial charge in [-0.2, -0.15) is 0 Å². The average molecular weight is 423 g/mol. The molecule has 0 aliphatic carbocycles. The summed E-state index contributed by atoms with van der Waals surface area (Å²) < 4.78 is 14.2. The van der Waals surface area contributed by atoms with Crippen molar-refractivity contribution in [2.24, 2.45) is 0 Å². The predicted octanol–water partition coefficient (Wildman–Crippen LogP) is 5.19. The van der Waals surface area contributed by atoms with Crippen LogP contribution in [0.3, 0.4) is 0 Å². The smallest absolute Gasteiger partial charge is 0.334 e.